The van der Waals surface area contributed by atoms with Crippen molar-refractivity contribution in [2.75, 3.05) is 24.7 Å². The van der Waals surface area contributed by atoms with E-state index in [0.717, 1.165) is 23.5 Å². The summed E-state index contributed by atoms with van der Waals surface area (Å²) in [7, 11) is 0. The molecule has 4 heterocycles. The molecule has 2 aliphatic rings. The van der Waals surface area contributed by atoms with Crippen molar-refractivity contribution in [2.45, 2.75) is 65.6 Å². The minimum atomic E-state index is -1.25. The lowest BCUT2D eigenvalue weighted by Crippen LogP contribution is -2.44. The Balaban J connectivity index is 1.34. The van der Waals surface area contributed by atoms with Crippen LogP contribution in [-0.4, -0.2) is 73.2 Å². The highest BCUT2D eigenvalue weighted by Crippen LogP contribution is 2.34. The minimum Gasteiger partial charge on any atom is -0.427 e. The van der Waals surface area contributed by atoms with Gasteiger partial charge in [0.05, 0.1) is 36.8 Å². The predicted molar refractivity (Wildman–Crippen MR) is 139 cm³/mol. The molecule has 0 unspecified atom stereocenters. The van der Waals surface area contributed by atoms with Crippen LogP contribution in [0.3, 0.4) is 0 Å². The Bertz CT molecular complexity index is 1400. The van der Waals surface area contributed by atoms with E-state index in [1.54, 1.807) is 33.3 Å². The third kappa shape index (κ3) is 6.54. The molecule has 40 heavy (non-hydrogen) atoms. The lowest BCUT2D eigenvalue weighted by Gasteiger charge is -2.34. The smallest absolute Gasteiger partial charge is 0.427 e. The van der Waals surface area contributed by atoms with Crippen LogP contribution in [0.25, 0.3) is 22.6 Å². The molecule has 1 atom stereocenters. The van der Waals surface area contributed by atoms with Crippen molar-refractivity contribution in [2.24, 2.45) is 5.92 Å². The Hall–Kier alpha value is -4.11. The number of nitrogens with one attached hydrogen (secondary N) is 1. The van der Waals surface area contributed by atoms with Gasteiger partial charge in [0.1, 0.15) is 5.60 Å². The Morgan fingerprint density at radius 3 is 2.60 bits per heavy atom. The van der Waals surface area contributed by atoms with Gasteiger partial charge in [-0.1, -0.05) is 0 Å². The van der Waals surface area contributed by atoms with E-state index in [1.807, 2.05) is 6.33 Å². The summed E-state index contributed by atoms with van der Waals surface area (Å²) in [6.45, 7) is 11.5. The van der Waals surface area contributed by atoms with Crippen molar-refractivity contribution in [3.05, 3.63) is 18.2 Å². The third-order valence-corrected chi connectivity index (χ3v) is 6.25. The number of aryl methyl sites for hydroxylation is 1. The van der Waals surface area contributed by atoms with Gasteiger partial charge in [-0.2, -0.15) is 4.98 Å². The van der Waals surface area contributed by atoms with Crippen LogP contribution in [0, 0.1) is 12.8 Å². The van der Waals surface area contributed by atoms with Crippen LogP contribution in [0.1, 0.15) is 46.2 Å². The molecule has 15 nitrogen and oxygen atoms in total. The van der Waals surface area contributed by atoms with Gasteiger partial charge in [-0.25, -0.2) is 29.5 Å². The molecular weight excluding hydrogens is 524 g/mol. The maximum absolute atomic E-state index is 12.0. The lowest BCUT2D eigenvalue weighted by atomic mass is 10.2. The second-order valence-electron chi connectivity index (χ2n) is 10.8. The summed E-state index contributed by atoms with van der Waals surface area (Å²) in [6, 6.07) is -0.160. The molecule has 2 fully saturated rings. The van der Waals surface area contributed by atoms with Gasteiger partial charge in [0.25, 0.3) is 0 Å². The average Bonchev–Trinajstić information content (AvgIpc) is 3.61. The molecule has 15 heteroatoms. The van der Waals surface area contributed by atoms with Crippen molar-refractivity contribution in [3.8, 4) is 17.4 Å². The molecule has 1 saturated heterocycles. The van der Waals surface area contributed by atoms with Crippen molar-refractivity contribution in [3.63, 3.8) is 0 Å². The van der Waals surface area contributed by atoms with E-state index >= 15 is 0 Å². The summed E-state index contributed by atoms with van der Waals surface area (Å²) < 4.78 is 17.6. The summed E-state index contributed by atoms with van der Waals surface area (Å²) in [4.78, 5) is 57.4. The number of ether oxygens (including phenoxy) is 3. The predicted octanol–water partition coefficient (Wildman–Crippen LogP) is 3.11. The monoisotopic (exact) mass is 556 g/mol. The first-order chi connectivity index (χ1) is 19.1. The van der Waals surface area contributed by atoms with Gasteiger partial charge in [0.2, 0.25) is 0 Å². The van der Waals surface area contributed by atoms with Gasteiger partial charge >= 0.3 is 18.3 Å². The number of imidazole rings is 1. The van der Waals surface area contributed by atoms with Crippen LogP contribution in [0.5, 0.6) is 6.01 Å². The van der Waals surface area contributed by atoms with Crippen LogP contribution in [0.4, 0.5) is 15.4 Å². The maximum atomic E-state index is 12.0. The van der Waals surface area contributed by atoms with E-state index in [4.69, 9.17) is 24.2 Å². The van der Waals surface area contributed by atoms with Crippen molar-refractivity contribution >= 4 is 29.3 Å². The summed E-state index contributed by atoms with van der Waals surface area (Å²) in [5.74, 6) is 1.79. The number of morpholine rings is 1. The molecule has 0 aromatic carbocycles. The van der Waals surface area contributed by atoms with Crippen LogP contribution in [-0.2, 0) is 25.7 Å². The largest absolute Gasteiger partial charge is 0.538 e. The topological polar surface area (TPSA) is 165 Å². The van der Waals surface area contributed by atoms with E-state index in [9.17, 15) is 9.59 Å². The number of hydrogen-bond acceptors (Lipinski definition) is 14. The summed E-state index contributed by atoms with van der Waals surface area (Å²) in [5, 5.41) is 0. The van der Waals surface area contributed by atoms with Gasteiger partial charge in [-0.15, -0.1) is 0 Å². The highest BCUT2D eigenvalue weighted by Gasteiger charge is 2.28. The molecule has 1 saturated carbocycles. The number of carbonyl (C=O) groups excluding carboxylic acids is 2. The molecule has 214 valence electrons. The fourth-order valence-corrected chi connectivity index (χ4v) is 4.17. The highest BCUT2D eigenvalue weighted by molar-refractivity contribution is 5.86. The standard InChI is InChI=1S/C25H32N8O7/c1-14-12-36-9-8-33(14)21-18-20(32(13-27-18)11-16-6-7-16)29-19(30-21)17-10-26-22(28-15(17)2)37-23(34)39-31-40-24(35)38-25(3,4)5/h10,13-14,16,31H,6-9,11-12H2,1-5H3/t14-/m0/s1. The molecule has 3 aromatic heterocycles. The number of anilines is 1. The summed E-state index contributed by atoms with van der Waals surface area (Å²) >= 11 is 0. The number of nitrogens with zero attached hydrogens (tertiary/aromatic N) is 7. The van der Waals surface area contributed by atoms with E-state index in [-0.39, 0.29) is 12.1 Å². The normalized spacial score (nSPS) is 17.5. The fourth-order valence-electron chi connectivity index (χ4n) is 4.17. The van der Waals surface area contributed by atoms with Crippen LogP contribution < -0.4 is 15.3 Å². The van der Waals surface area contributed by atoms with Crippen molar-refractivity contribution in [1.29, 1.82) is 0 Å². The molecular formula is C25H32N8O7. The second-order valence-corrected chi connectivity index (χ2v) is 10.8. The average molecular weight is 557 g/mol. The molecule has 0 amide bonds. The Morgan fingerprint density at radius 1 is 1.12 bits per heavy atom. The first-order valence-electron chi connectivity index (χ1n) is 13.0. The number of rotatable bonds is 7. The number of hydrogen-bond donors (Lipinski definition) is 1. The highest BCUT2D eigenvalue weighted by atomic mass is 17.0. The number of fused-ring (bicyclic) bond motifs is 1. The zero-order valence-corrected chi connectivity index (χ0v) is 23.0. The molecule has 0 bridgehead atoms. The SMILES string of the molecule is Cc1nc(OC(=O)ONOC(=O)OC(C)(C)C)ncc1-c1nc(N2CCOC[C@@H]2C)c2ncn(CC3CC3)c2n1. The maximum Gasteiger partial charge on any atom is 0.538 e. The second kappa shape index (κ2) is 11.2. The first kappa shape index (κ1) is 27.5. The molecule has 0 spiro atoms. The quantitative estimate of drug-likeness (QED) is 0.333. The summed E-state index contributed by atoms with van der Waals surface area (Å²) in [5.41, 5.74) is 3.45. The fraction of sp³-hybridized carbons (Fsp3) is 0.560. The van der Waals surface area contributed by atoms with Gasteiger partial charge in [0.15, 0.2) is 22.8 Å². The molecule has 1 N–H and O–H groups in total. The van der Waals surface area contributed by atoms with Crippen molar-refractivity contribution in [1.82, 2.24) is 35.1 Å². The zero-order chi connectivity index (χ0) is 28.4. The molecule has 1 aliphatic carbocycles. The van der Waals surface area contributed by atoms with Gasteiger partial charge in [-0.3, -0.25) is 0 Å². The first-order valence-corrected chi connectivity index (χ1v) is 13.0. The Morgan fingerprint density at radius 2 is 1.90 bits per heavy atom. The summed E-state index contributed by atoms with van der Waals surface area (Å²) in [6.07, 6.45) is 3.36. The molecule has 1 aliphatic heterocycles. The van der Waals surface area contributed by atoms with Gasteiger partial charge < -0.3 is 33.4 Å². The van der Waals surface area contributed by atoms with Crippen molar-refractivity contribution < 1.29 is 33.5 Å². The molecule has 3 aromatic rings. The van der Waals surface area contributed by atoms with E-state index < -0.39 is 17.9 Å². The number of carbonyl (C=O) groups is 2. The van der Waals surface area contributed by atoms with E-state index in [0.29, 0.717) is 42.8 Å². The van der Waals surface area contributed by atoms with E-state index in [2.05, 4.69) is 41.0 Å². The van der Waals surface area contributed by atoms with Crippen LogP contribution in [0.2, 0.25) is 0 Å². The number of aromatic nitrogens is 6. The zero-order valence-electron chi connectivity index (χ0n) is 23.0. The van der Waals surface area contributed by atoms with E-state index in [1.165, 1.54) is 19.0 Å². The Labute approximate surface area is 230 Å². The Kier molecular flexibility index (Phi) is 7.67. The van der Waals surface area contributed by atoms with Crippen LogP contribution >= 0.6 is 0 Å². The third-order valence-electron chi connectivity index (χ3n) is 6.25. The molecule has 5 rings (SSSR count). The lowest BCUT2D eigenvalue weighted by molar-refractivity contribution is -0.130. The van der Waals surface area contributed by atoms with Gasteiger partial charge in [-0.05, 0) is 53.4 Å². The minimum absolute atomic E-state index is 0.111. The van der Waals surface area contributed by atoms with Gasteiger partial charge in [0, 0.05) is 24.9 Å². The molecule has 0 radical (unpaired) electrons. The van der Waals surface area contributed by atoms with Crippen LogP contribution in [0.15, 0.2) is 12.5 Å².